The van der Waals surface area contributed by atoms with Gasteiger partial charge in [0.1, 0.15) is 0 Å². The van der Waals surface area contributed by atoms with E-state index in [9.17, 15) is 5.11 Å². The minimum atomic E-state index is -0.336. The standard InChI is InChI=1S/C10H15BrO2/c1-10(2,3)8(12)4-7-5-9(11)13-6-7/h5-6,8,12H,4H2,1-3H3. The molecule has 2 nitrogen and oxygen atoms in total. The first-order valence-corrected chi connectivity index (χ1v) is 5.10. The lowest BCUT2D eigenvalue weighted by molar-refractivity contribution is 0.0635. The highest BCUT2D eigenvalue weighted by molar-refractivity contribution is 9.10. The zero-order chi connectivity index (χ0) is 10.1. The second kappa shape index (κ2) is 3.84. The van der Waals surface area contributed by atoms with Gasteiger partial charge in [-0.25, -0.2) is 0 Å². The smallest absolute Gasteiger partial charge is 0.169 e. The first kappa shape index (κ1) is 10.8. The van der Waals surface area contributed by atoms with Gasteiger partial charge < -0.3 is 9.52 Å². The largest absolute Gasteiger partial charge is 0.457 e. The summed E-state index contributed by atoms with van der Waals surface area (Å²) in [7, 11) is 0. The first-order valence-electron chi connectivity index (χ1n) is 4.30. The fourth-order valence-electron chi connectivity index (χ4n) is 0.982. The molecule has 3 heteroatoms. The molecule has 1 unspecified atom stereocenters. The molecule has 0 spiro atoms. The van der Waals surface area contributed by atoms with Crippen molar-refractivity contribution in [3.8, 4) is 0 Å². The van der Waals surface area contributed by atoms with Gasteiger partial charge in [0, 0.05) is 6.42 Å². The van der Waals surface area contributed by atoms with Crippen molar-refractivity contribution in [2.75, 3.05) is 0 Å². The lowest BCUT2D eigenvalue weighted by atomic mass is 9.86. The van der Waals surface area contributed by atoms with Gasteiger partial charge in [-0.1, -0.05) is 20.8 Å². The Bertz CT molecular complexity index is 273. The Morgan fingerprint density at radius 1 is 1.54 bits per heavy atom. The molecular formula is C10H15BrO2. The molecular weight excluding hydrogens is 232 g/mol. The van der Waals surface area contributed by atoms with Crippen molar-refractivity contribution in [1.29, 1.82) is 0 Å². The van der Waals surface area contributed by atoms with Crippen LogP contribution in [0, 0.1) is 5.41 Å². The number of halogens is 1. The summed E-state index contributed by atoms with van der Waals surface area (Å²) in [6.07, 6.45) is 1.97. The van der Waals surface area contributed by atoms with Crippen molar-refractivity contribution in [1.82, 2.24) is 0 Å². The fourth-order valence-corrected chi connectivity index (χ4v) is 1.37. The summed E-state index contributed by atoms with van der Waals surface area (Å²) in [4.78, 5) is 0. The Balaban J connectivity index is 2.60. The molecule has 0 radical (unpaired) electrons. The molecule has 1 N–H and O–H groups in total. The molecule has 0 saturated carbocycles. The van der Waals surface area contributed by atoms with Gasteiger partial charge in [0.05, 0.1) is 12.4 Å². The van der Waals surface area contributed by atoms with Crippen LogP contribution in [0.1, 0.15) is 26.3 Å². The van der Waals surface area contributed by atoms with Crippen LogP contribution < -0.4 is 0 Å². The molecule has 1 aromatic rings. The van der Waals surface area contributed by atoms with E-state index in [1.807, 2.05) is 26.8 Å². The van der Waals surface area contributed by atoms with Gasteiger partial charge in [-0.3, -0.25) is 0 Å². The van der Waals surface area contributed by atoms with Crippen LogP contribution in [0.4, 0.5) is 0 Å². The van der Waals surface area contributed by atoms with Crippen LogP contribution in [0.3, 0.4) is 0 Å². The average molecular weight is 247 g/mol. The second-order valence-corrected chi connectivity index (χ2v) is 5.13. The Labute approximate surface area is 87.1 Å². The number of hydrogen-bond donors (Lipinski definition) is 1. The third kappa shape index (κ3) is 3.16. The average Bonchev–Trinajstić information content (AvgIpc) is 2.33. The van der Waals surface area contributed by atoms with E-state index >= 15 is 0 Å². The van der Waals surface area contributed by atoms with Crippen molar-refractivity contribution >= 4 is 15.9 Å². The van der Waals surface area contributed by atoms with Crippen molar-refractivity contribution in [3.05, 3.63) is 22.6 Å². The van der Waals surface area contributed by atoms with Crippen LogP contribution in [0.2, 0.25) is 0 Å². The maximum atomic E-state index is 9.79. The van der Waals surface area contributed by atoms with Gasteiger partial charge in [0.25, 0.3) is 0 Å². The van der Waals surface area contributed by atoms with E-state index in [2.05, 4.69) is 15.9 Å². The van der Waals surface area contributed by atoms with Crippen molar-refractivity contribution in [3.63, 3.8) is 0 Å². The van der Waals surface area contributed by atoms with E-state index in [4.69, 9.17) is 4.42 Å². The molecule has 1 aromatic heterocycles. The summed E-state index contributed by atoms with van der Waals surface area (Å²) in [6.45, 7) is 6.06. The van der Waals surface area contributed by atoms with Crippen LogP contribution in [-0.2, 0) is 6.42 Å². The molecule has 1 heterocycles. The quantitative estimate of drug-likeness (QED) is 0.871. The predicted molar refractivity (Wildman–Crippen MR) is 55.6 cm³/mol. The Morgan fingerprint density at radius 2 is 2.15 bits per heavy atom. The summed E-state index contributed by atoms with van der Waals surface area (Å²) in [5, 5.41) is 9.79. The molecule has 1 rings (SSSR count). The fraction of sp³-hybridized carbons (Fsp3) is 0.600. The first-order chi connectivity index (χ1) is 5.89. The highest BCUT2D eigenvalue weighted by atomic mass is 79.9. The number of hydrogen-bond acceptors (Lipinski definition) is 2. The number of rotatable bonds is 2. The molecule has 0 amide bonds. The van der Waals surface area contributed by atoms with E-state index in [1.165, 1.54) is 0 Å². The van der Waals surface area contributed by atoms with Gasteiger partial charge in [-0.2, -0.15) is 0 Å². The van der Waals surface area contributed by atoms with Gasteiger partial charge in [0.2, 0.25) is 0 Å². The number of aliphatic hydroxyl groups is 1. The molecule has 1 atom stereocenters. The van der Waals surface area contributed by atoms with E-state index in [0.717, 1.165) is 5.56 Å². The summed E-state index contributed by atoms with van der Waals surface area (Å²) in [5.41, 5.74) is 0.943. The highest BCUT2D eigenvalue weighted by Crippen LogP contribution is 2.24. The van der Waals surface area contributed by atoms with Crippen LogP contribution in [-0.4, -0.2) is 11.2 Å². The van der Waals surface area contributed by atoms with Crippen molar-refractivity contribution in [2.24, 2.45) is 5.41 Å². The maximum Gasteiger partial charge on any atom is 0.169 e. The molecule has 0 aromatic carbocycles. The SMILES string of the molecule is CC(C)(C)C(O)Cc1coc(Br)c1. The maximum absolute atomic E-state index is 9.79. The van der Waals surface area contributed by atoms with Crippen LogP contribution >= 0.6 is 15.9 Å². The Hall–Kier alpha value is -0.280. The Kier molecular flexibility index (Phi) is 3.19. The van der Waals surface area contributed by atoms with Gasteiger partial charge >= 0.3 is 0 Å². The summed E-state index contributed by atoms with van der Waals surface area (Å²) in [6, 6.07) is 1.88. The molecule has 0 aliphatic carbocycles. The topological polar surface area (TPSA) is 33.4 Å². The predicted octanol–water partition coefficient (Wildman–Crippen LogP) is 2.99. The monoisotopic (exact) mass is 246 g/mol. The van der Waals surface area contributed by atoms with E-state index < -0.39 is 0 Å². The molecule has 0 fully saturated rings. The third-order valence-corrected chi connectivity index (χ3v) is 2.47. The molecule has 0 bridgehead atoms. The van der Waals surface area contributed by atoms with E-state index in [-0.39, 0.29) is 11.5 Å². The summed E-state index contributed by atoms with van der Waals surface area (Å²) in [5.74, 6) is 0. The summed E-state index contributed by atoms with van der Waals surface area (Å²) >= 11 is 3.22. The number of aliphatic hydroxyl groups excluding tert-OH is 1. The van der Waals surface area contributed by atoms with Gasteiger partial charge in [-0.15, -0.1) is 0 Å². The minimum absolute atomic E-state index is 0.0796. The lowest BCUT2D eigenvalue weighted by Gasteiger charge is -2.25. The van der Waals surface area contributed by atoms with Crippen LogP contribution in [0.25, 0.3) is 0 Å². The summed E-state index contributed by atoms with van der Waals surface area (Å²) < 4.78 is 5.80. The molecule has 0 aliphatic heterocycles. The highest BCUT2D eigenvalue weighted by Gasteiger charge is 2.22. The van der Waals surface area contributed by atoms with E-state index in [1.54, 1.807) is 6.26 Å². The van der Waals surface area contributed by atoms with Crippen LogP contribution in [0.15, 0.2) is 21.4 Å². The molecule has 0 saturated heterocycles. The molecule has 74 valence electrons. The second-order valence-electron chi connectivity index (χ2n) is 4.35. The normalized spacial score (nSPS) is 14.5. The minimum Gasteiger partial charge on any atom is -0.457 e. The zero-order valence-corrected chi connectivity index (χ0v) is 9.76. The lowest BCUT2D eigenvalue weighted by Crippen LogP contribution is -2.27. The molecule has 0 aliphatic rings. The van der Waals surface area contributed by atoms with Crippen molar-refractivity contribution in [2.45, 2.75) is 33.3 Å². The van der Waals surface area contributed by atoms with Gasteiger partial charge in [-0.05, 0) is 33.0 Å². The van der Waals surface area contributed by atoms with Crippen LogP contribution in [0.5, 0.6) is 0 Å². The molecule has 13 heavy (non-hydrogen) atoms. The van der Waals surface area contributed by atoms with Gasteiger partial charge in [0.15, 0.2) is 4.67 Å². The zero-order valence-electron chi connectivity index (χ0n) is 8.17. The number of furan rings is 1. The van der Waals surface area contributed by atoms with Crippen molar-refractivity contribution < 1.29 is 9.52 Å². The third-order valence-electron chi connectivity index (χ3n) is 2.05. The Morgan fingerprint density at radius 3 is 2.54 bits per heavy atom. The van der Waals surface area contributed by atoms with E-state index in [0.29, 0.717) is 11.1 Å².